The van der Waals surface area contributed by atoms with Crippen LogP contribution >= 0.6 is 0 Å². The molecule has 2 aromatic heterocycles. The lowest BCUT2D eigenvalue weighted by Crippen LogP contribution is -1.95. The minimum Gasteiger partial charge on any atom is -0.339 e. The van der Waals surface area contributed by atoms with Crippen molar-refractivity contribution in [3.63, 3.8) is 0 Å². The molecule has 0 amide bonds. The first-order valence-electron chi connectivity index (χ1n) is 4.54. The van der Waals surface area contributed by atoms with Crippen LogP contribution in [0.25, 0.3) is 0 Å². The molecule has 0 bridgehead atoms. The van der Waals surface area contributed by atoms with E-state index in [0.29, 0.717) is 11.5 Å². The molecule has 2 aromatic rings. The van der Waals surface area contributed by atoms with Crippen LogP contribution in [0.3, 0.4) is 0 Å². The number of rotatable bonds is 2. The topological polar surface area (TPSA) is 42.7 Å². The molecule has 0 aromatic carbocycles. The zero-order valence-corrected chi connectivity index (χ0v) is 8.53. The fraction of sp³-hybridized carbons (Fsp3) is 0.200. The Morgan fingerprint density at radius 1 is 1.40 bits per heavy atom. The molecule has 78 valence electrons. The van der Waals surface area contributed by atoms with Crippen LogP contribution in [-0.2, 0) is 7.05 Å². The Hall–Kier alpha value is -1.91. The van der Waals surface area contributed by atoms with Crippen LogP contribution in [0.1, 0.15) is 5.69 Å². The zero-order chi connectivity index (χ0) is 10.8. The second kappa shape index (κ2) is 3.68. The number of nitrogens with zero attached hydrogens (tertiary/aromatic N) is 3. The third-order valence-corrected chi connectivity index (χ3v) is 2.11. The van der Waals surface area contributed by atoms with E-state index in [1.54, 1.807) is 10.7 Å². The van der Waals surface area contributed by atoms with E-state index in [1.165, 1.54) is 12.3 Å². The maximum atomic E-state index is 12.8. The summed E-state index contributed by atoms with van der Waals surface area (Å²) >= 11 is 0. The number of pyridine rings is 1. The van der Waals surface area contributed by atoms with Gasteiger partial charge in [0.25, 0.3) is 0 Å². The van der Waals surface area contributed by atoms with Gasteiger partial charge in [-0.2, -0.15) is 9.49 Å². The van der Waals surface area contributed by atoms with Gasteiger partial charge in [0, 0.05) is 36.8 Å². The molecular weight excluding hydrogens is 195 g/mol. The van der Waals surface area contributed by atoms with Gasteiger partial charge in [0.1, 0.15) is 0 Å². The highest BCUT2D eigenvalue weighted by Crippen LogP contribution is 2.15. The van der Waals surface area contributed by atoms with Gasteiger partial charge < -0.3 is 5.32 Å². The normalized spacial score (nSPS) is 10.3. The molecule has 15 heavy (non-hydrogen) atoms. The Labute approximate surface area is 86.8 Å². The molecule has 0 aliphatic rings. The fourth-order valence-electron chi connectivity index (χ4n) is 1.25. The lowest BCUT2D eigenvalue weighted by Gasteiger charge is -2.01. The predicted molar refractivity (Wildman–Crippen MR) is 55.4 cm³/mol. The molecule has 0 spiro atoms. The first kappa shape index (κ1) is 9.64. The maximum absolute atomic E-state index is 12.8. The van der Waals surface area contributed by atoms with Gasteiger partial charge in [-0.05, 0) is 13.0 Å². The Bertz CT molecular complexity index is 459. The van der Waals surface area contributed by atoms with E-state index in [4.69, 9.17) is 0 Å². The van der Waals surface area contributed by atoms with Gasteiger partial charge in [0.2, 0.25) is 5.95 Å². The average molecular weight is 206 g/mol. The lowest BCUT2D eigenvalue weighted by atomic mass is 10.4. The Balaban J connectivity index is 2.22. The van der Waals surface area contributed by atoms with Crippen LogP contribution in [0.15, 0.2) is 24.4 Å². The summed E-state index contributed by atoms with van der Waals surface area (Å²) in [5.41, 5.74) is 1.67. The molecule has 0 saturated heterocycles. The van der Waals surface area contributed by atoms with E-state index in [-0.39, 0.29) is 0 Å². The summed E-state index contributed by atoms with van der Waals surface area (Å²) in [7, 11) is 1.85. The van der Waals surface area contributed by atoms with Crippen molar-refractivity contribution in [1.82, 2.24) is 14.8 Å². The minimum atomic E-state index is -0.507. The van der Waals surface area contributed by atoms with E-state index >= 15 is 0 Å². The van der Waals surface area contributed by atoms with Crippen LogP contribution in [-0.4, -0.2) is 14.8 Å². The molecule has 5 heteroatoms. The van der Waals surface area contributed by atoms with Crippen molar-refractivity contribution in [3.05, 3.63) is 36.0 Å². The largest absolute Gasteiger partial charge is 0.339 e. The van der Waals surface area contributed by atoms with E-state index in [0.717, 1.165) is 5.69 Å². The van der Waals surface area contributed by atoms with Gasteiger partial charge in [0.15, 0.2) is 5.82 Å². The summed E-state index contributed by atoms with van der Waals surface area (Å²) in [6.45, 7) is 1.95. The molecule has 4 nitrogen and oxygen atoms in total. The summed E-state index contributed by atoms with van der Waals surface area (Å²) in [6.07, 6.45) is 1.41. The standard InChI is InChI=1S/C10H11FN4/c1-7-5-10(14-15(7)2)13-8-3-4-12-9(11)6-8/h3-6H,1-2H3,(H,12,13,14). The quantitative estimate of drug-likeness (QED) is 0.764. The molecule has 0 aliphatic carbocycles. The Morgan fingerprint density at radius 3 is 2.80 bits per heavy atom. The van der Waals surface area contributed by atoms with Crippen LogP contribution in [0.2, 0.25) is 0 Å². The third kappa shape index (κ3) is 2.12. The third-order valence-electron chi connectivity index (χ3n) is 2.11. The highest BCUT2D eigenvalue weighted by molar-refractivity contribution is 5.55. The number of hydrogen-bond donors (Lipinski definition) is 1. The lowest BCUT2D eigenvalue weighted by molar-refractivity contribution is 0.584. The highest BCUT2D eigenvalue weighted by Gasteiger charge is 2.01. The molecule has 0 fully saturated rings. The van der Waals surface area contributed by atoms with Gasteiger partial charge in [-0.15, -0.1) is 0 Å². The number of hydrogen-bond acceptors (Lipinski definition) is 3. The van der Waals surface area contributed by atoms with Crippen LogP contribution in [0.5, 0.6) is 0 Å². The van der Waals surface area contributed by atoms with Crippen molar-refractivity contribution in [2.24, 2.45) is 7.05 Å². The van der Waals surface area contributed by atoms with Gasteiger partial charge in [-0.1, -0.05) is 0 Å². The molecular formula is C10H11FN4. The maximum Gasteiger partial charge on any atom is 0.214 e. The van der Waals surface area contributed by atoms with Crippen molar-refractivity contribution >= 4 is 11.5 Å². The molecule has 2 heterocycles. The summed E-state index contributed by atoms with van der Waals surface area (Å²) in [5, 5.41) is 7.19. The first-order chi connectivity index (χ1) is 7.15. The minimum absolute atomic E-state index is 0.507. The van der Waals surface area contributed by atoms with Gasteiger partial charge in [-0.25, -0.2) is 4.98 Å². The molecule has 0 saturated carbocycles. The number of aryl methyl sites for hydroxylation is 2. The molecule has 0 atom stereocenters. The average Bonchev–Trinajstić information content (AvgIpc) is 2.45. The predicted octanol–water partition coefficient (Wildman–Crippen LogP) is 2.01. The molecule has 2 rings (SSSR count). The monoisotopic (exact) mass is 206 g/mol. The highest BCUT2D eigenvalue weighted by atomic mass is 19.1. The second-order valence-electron chi connectivity index (χ2n) is 3.29. The van der Waals surface area contributed by atoms with Crippen molar-refractivity contribution < 1.29 is 4.39 Å². The summed E-state index contributed by atoms with van der Waals surface area (Å²) in [6, 6.07) is 4.90. The number of aromatic nitrogens is 3. The van der Waals surface area contributed by atoms with Crippen LogP contribution in [0, 0.1) is 12.9 Å². The Morgan fingerprint density at radius 2 is 2.20 bits per heavy atom. The fourth-order valence-corrected chi connectivity index (χ4v) is 1.25. The van der Waals surface area contributed by atoms with E-state index in [1.807, 2.05) is 20.0 Å². The number of halogens is 1. The van der Waals surface area contributed by atoms with Crippen LogP contribution < -0.4 is 5.32 Å². The number of nitrogens with one attached hydrogen (secondary N) is 1. The van der Waals surface area contributed by atoms with Crippen molar-refractivity contribution in [1.29, 1.82) is 0 Å². The SMILES string of the molecule is Cc1cc(Nc2ccnc(F)c2)nn1C. The van der Waals surface area contributed by atoms with E-state index in [2.05, 4.69) is 15.4 Å². The van der Waals surface area contributed by atoms with Crippen molar-refractivity contribution in [2.45, 2.75) is 6.92 Å². The number of anilines is 2. The second-order valence-corrected chi connectivity index (χ2v) is 3.29. The molecule has 0 radical (unpaired) electrons. The van der Waals surface area contributed by atoms with Crippen LogP contribution in [0.4, 0.5) is 15.9 Å². The summed E-state index contributed by atoms with van der Waals surface area (Å²) in [4.78, 5) is 3.47. The van der Waals surface area contributed by atoms with Gasteiger partial charge >= 0.3 is 0 Å². The van der Waals surface area contributed by atoms with E-state index < -0.39 is 5.95 Å². The summed E-state index contributed by atoms with van der Waals surface area (Å²) in [5.74, 6) is 0.188. The van der Waals surface area contributed by atoms with Crippen molar-refractivity contribution in [3.8, 4) is 0 Å². The summed E-state index contributed by atoms with van der Waals surface area (Å²) < 4.78 is 14.5. The Kier molecular flexibility index (Phi) is 2.37. The van der Waals surface area contributed by atoms with E-state index in [9.17, 15) is 4.39 Å². The van der Waals surface area contributed by atoms with Crippen molar-refractivity contribution in [2.75, 3.05) is 5.32 Å². The molecule has 1 N–H and O–H groups in total. The van der Waals surface area contributed by atoms with Gasteiger partial charge in [0.05, 0.1) is 0 Å². The zero-order valence-electron chi connectivity index (χ0n) is 8.53. The molecule has 0 unspecified atom stereocenters. The molecule has 0 aliphatic heterocycles. The first-order valence-corrected chi connectivity index (χ1v) is 4.54. The van der Waals surface area contributed by atoms with Gasteiger partial charge in [-0.3, -0.25) is 4.68 Å². The smallest absolute Gasteiger partial charge is 0.214 e.